The molecule has 1 aromatic carbocycles. The fourth-order valence-electron chi connectivity index (χ4n) is 2.47. The fourth-order valence-corrected chi connectivity index (χ4v) is 2.47. The summed E-state index contributed by atoms with van der Waals surface area (Å²) in [6.07, 6.45) is 0. The van der Waals surface area contributed by atoms with E-state index in [1.165, 1.54) is 12.1 Å². The molecular formula is C12H14FN3O. The van der Waals surface area contributed by atoms with Gasteiger partial charge in [0.05, 0.1) is 0 Å². The largest absolute Gasteiger partial charge is 0.327 e. The summed E-state index contributed by atoms with van der Waals surface area (Å²) in [6, 6.07) is 5.91. The fraction of sp³-hybridized carbons (Fsp3) is 0.417. The lowest BCUT2D eigenvalue weighted by molar-refractivity contribution is 0.216. The Bertz CT molecular complexity index is 436. The van der Waals surface area contributed by atoms with Crippen LogP contribution in [0.1, 0.15) is 0 Å². The van der Waals surface area contributed by atoms with Gasteiger partial charge in [0.2, 0.25) is 0 Å². The first-order valence-electron chi connectivity index (χ1n) is 5.72. The number of urea groups is 1. The van der Waals surface area contributed by atoms with Crippen molar-refractivity contribution in [2.24, 2.45) is 17.6 Å². The number of halogens is 1. The first-order chi connectivity index (χ1) is 8.15. The van der Waals surface area contributed by atoms with Crippen molar-refractivity contribution in [2.75, 3.05) is 18.4 Å². The molecule has 0 radical (unpaired) electrons. The van der Waals surface area contributed by atoms with Crippen molar-refractivity contribution < 1.29 is 9.18 Å². The number of anilines is 1. The molecule has 5 heteroatoms. The first-order valence-corrected chi connectivity index (χ1v) is 5.72. The zero-order chi connectivity index (χ0) is 12.0. The highest BCUT2D eigenvalue weighted by Crippen LogP contribution is 2.43. The second-order valence-electron chi connectivity index (χ2n) is 4.75. The minimum Gasteiger partial charge on any atom is -0.327 e. The van der Waals surface area contributed by atoms with Crippen molar-refractivity contribution in [3.05, 3.63) is 30.1 Å². The van der Waals surface area contributed by atoms with E-state index < -0.39 is 0 Å². The van der Waals surface area contributed by atoms with Gasteiger partial charge in [0, 0.05) is 24.8 Å². The highest BCUT2D eigenvalue weighted by molar-refractivity contribution is 5.89. The Hall–Kier alpha value is -1.62. The summed E-state index contributed by atoms with van der Waals surface area (Å²) in [6.45, 7) is 1.47. The molecule has 0 bridgehead atoms. The summed E-state index contributed by atoms with van der Waals surface area (Å²) in [4.78, 5) is 13.6. The van der Waals surface area contributed by atoms with Crippen molar-refractivity contribution in [1.82, 2.24) is 4.90 Å². The van der Waals surface area contributed by atoms with Gasteiger partial charge in [0.25, 0.3) is 0 Å². The number of benzene rings is 1. The summed E-state index contributed by atoms with van der Waals surface area (Å²) in [7, 11) is 0. The Kier molecular flexibility index (Phi) is 2.29. The van der Waals surface area contributed by atoms with Crippen molar-refractivity contribution in [3.63, 3.8) is 0 Å². The number of nitrogens with one attached hydrogen (secondary N) is 1. The highest BCUT2D eigenvalue weighted by Gasteiger charge is 2.54. The van der Waals surface area contributed by atoms with Crippen LogP contribution in [-0.2, 0) is 0 Å². The van der Waals surface area contributed by atoms with Crippen molar-refractivity contribution >= 4 is 11.7 Å². The van der Waals surface area contributed by atoms with Crippen LogP contribution in [0.3, 0.4) is 0 Å². The first kappa shape index (κ1) is 10.5. The number of rotatable bonds is 1. The minimum absolute atomic E-state index is 0.129. The van der Waals surface area contributed by atoms with Crippen molar-refractivity contribution in [3.8, 4) is 0 Å². The van der Waals surface area contributed by atoms with Gasteiger partial charge in [-0.2, -0.15) is 0 Å². The number of carbonyl (C=O) groups excluding carboxylic acids is 1. The smallest absolute Gasteiger partial charge is 0.321 e. The number of likely N-dealkylation sites (tertiary alicyclic amines) is 1. The number of carbonyl (C=O) groups is 1. The van der Waals surface area contributed by atoms with E-state index in [1.54, 1.807) is 17.0 Å². The Morgan fingerprint density at radius 3 is 2.47 bits per heavy atom. The van der Waals surface area contributed by atoms with Crippen LogP contribution in [0.4, 0.5) is 14.9 Å². The zero-order valence-corrected chi connectivity index (χ0v) is 9.27. The number of fused-ring (bicyclic) bond motifs is 1. The van der Waals surface area contributed by atoms with E-state index in [2.05, 4.69) is 5.32 Å². The Morgan fingerprint density at radius 2 is 1.88 bits per heavy atom. The van der Waals surface area contributed by atoms with E-state index in [9.17, 15) is 9.18 Å². The molecule has 1 saturated carbocycles. The maximum absolute atomic E-state index is 12.7. The normalized spacial score (nSPS) is 30.0. The molecule has 17 heavy (non-hydrogen) atoms. The molecule has 2 aliphatic rings. The van der Waals surface area contributed by atoms with E-state index in [1.807, 2.05) is 0 Å². The Labute approximate surface area is 98.6 Å². The molecule has 4 nitrogen and oxygen atoms in total. The summed E-state index contributed by atoms with van der Waals surface area (Å²) in [5.41, 5.74) is 6.42. The molecule has 3 rings (SSSR count). The number of hydrogen-bond acceptors (Lipinski definition) is 2. The number of piperidine rings is 1. The molecule has 2 amide bonds. The molecule has 1 aliphatic carbocycles. The Morgan fingerprint density at radius 1 is 1.29 bits per heavy atom. The molecule has 1 aromatic rings. The molecule has 1 aliphatic heterocycles. The number of hydrogen-bond donors (Lipinski definition) is 2. The topological polar surface area (TPSA) is 58.4 Å². The zero-order valence-electron chi connectivity index (χ0n) is 9.27. The van der Waals surface area contributed by atoms with Crippen molar-refractivity contribution in [1.29, 1.82) is 0 Å². The summed E-state index contributed by atoms with van der Waals surface area (Å²) in [5.74, 6) is 0.652. The van der Waals surface area contributed by atoms with E-state index in [4.69, 9.17) is 5.73 Å². The average molecular weight is 235 g/mol. The second-order valence-corrected chi connectivity index (χ2v) is 4.75. The predicted octanol–water partition coefficient (Wildman–Crippen LogP) is 1.25. The minimum atomic E-state index is -0.309. The van der Waals surface area contributed by atoms with E-state index in [0.717, 1.165) is 13.1 Å². The van der Waals surface area contributed by atoms with Gasteiger partial charge in [-0.25, -0.2) is 9.18 Å². The van der Waals surface area contributed by atoms with E-state index in [-0.39, 0.29) is 17.9 Å². The standard InChI is InChI=1S/C12H14FN3O/c13-7-1-3-8(4-2-7)15-12(17)16-5-9-10(6-16)11(9)14/h1-4,9-11H,5-6,14H2,(H,15,17). The van der Waals surface area contributed by atoms with Crippen molar-refractivity contribution in [2.45, 2.75) is 6.04 Å². The molecule has 0 spiro atoms. The van der Waals surface area contributed by atoms with Crippen LogP contribution < -0.4 is 11.1 Å². The van der Waals surface area contributed by atoms with Gasteiger partial charge in [-0.3, -0.25) is 0 Å². The molecule has 2 unspecified atom stereocenters. The molecule has 0 aromatic heterocycles. The molecule has 3 N–H and O–H groups in total. The molecule has 2 atom stereocenters. The van der Waals surface area contributed by atoms with Gasteiger partial charge >= 0.3 is 6.03 Å². The van der Waals surface area contributed by atoms with Crippen LogP contribution in [0.5, 0.6) is 0 Å². The van der Waals surface area contributed by atoms with Gasteiger partial charge in [-0.05, 0) is 36.1 Å². The molecule has 1 saturated heterocycles. The lowest BCUT2D eigenvalue weighted by atomic mass is 10.3. The van der Waals surface area contributed by atoms with Crippen LogP contribution in [0.15, 0.2) is 24.3 Å². The molecular weight excluding hydrogens is 221 g/mol. The van der Waals surface area contributed by atoms with Gasteiger partial charge in [-0.1, -0.05) is 0 Å². The third kappa shape index (κ3) is 1.86. The van der Waals surface area contributed by atoms with Gasteiger partial charge in [0.15, 0.2) is 0 Å². The summed E-state index contributed by atoms with van der Waals surface area (Å²) >= 11 is 0. The van der Waals surface area contributed by atoms with Crippen LogP contribution in [0.2, 0.25) is 0 Å². The van der Waals surface area contributed by atoms with E-state index >= 15 is 0 Å². The second kappa shape index (κ2) is 3.70. The van der Waals surface area contributed by atoms with Crippen LogP contribution in [0.25, 0.3) is 0 Å². The van der Waals surface area contributed by atoms with Crippen LogP contribution in [-0.4, -0.2) is 30.1 Å². The van der Waals surface area contributed by atoms with Crippen LogP contribution >= 0.6 is 0 Å². The van der Waals surface area contributed by atoms with Gasteiger partial charge in [0.1, 0.15) is 5.82 Å². The molecule has 1 heterocycles. The quantitative estimate of drug-likeness (QED) is 0.769. The highest BCUT2D eigenvalue weighted by atomic mass is 19.1. The third-order valence-electron chi connectivity index (χ3n) is 3.64. The monoisotopic (exact) mass is 235 g/mol. The van der Waals surface area contributed by atoms with Gasteiger partial charge < -0.3 is 16.0 Å². The summed E-state index contributed by atoms with van der Waals surface area (Å²) in [5, 5.41) is 2.75. The lowest BCUT2D eigenvalue weighted by Crippen LogP contribution is -2.36. The number of amides is 2. The molecule has 2 fully saturated rings. The summed E-state index contributed by atoms with van der Waals surface area (Å²) < 4.78 is 12.7. The average Bonchev–Trinajstić information content (AvgIpc) is 2.78. The number of nitrogens with two attached hydrogens (primary N) is 1. The maximum Gasteiger partial charge on any atom is 0.321 e. The SMILES string of the molecule is NC1C2CN(C(=O)Nc3ccc(F)cc3)CC12. The van der Waals surface area contributed by atoms with E-state index in [0.29, 0.717) is 17.5 Å². The number of nitrogens with zero attached hydrogens (tertiary/aromatic N) is 1. The van der Waals surface area contributed by atoms with Crippen LogP contribution in [0, 0.1) is 17.7 Å². The van der Waals surface area contributed by atoms with Gasteiger partial charge in [-0.15, -0.1) is 0 Å². The molecule has 90 valence electrons. The Balaban J connectivity index is 1.59. The lowest BCUT2D eigenvalue weighted by Gasteiger charge is -2.19. The third-order valence-corrected chi connectivity index (χ3v) is 3.64. The predicted molar refractivity (Wildman–Crippen MR) is 61.9 cm³/mol. The maximum atomic E-state index is 12.7.